The van der Waals surface area contributed by atoms with Gasteiger partial charge < -0.3 is 3.07 Å². The molecule has 2 nitrogen and oxygen atoms in total. The number of hydrogen-bond acceptors (Lipinski definition) is 2. The SMILES string of the molecule is O=C(OI)C1=CC2C=CC1C2. The van der Waals surface area contributed by atoms with Gasteiger partial charge in [0, 0.05) is 11.5 Å². The van der Waals surface area contributed by atoms with Gasteiger partial charge in [0.05, 0.1) is 0 Å². The summed E-state index contributed by atoms with van der Waals surface area (Å²) in [6.07, 6.45) is 7.31. The molecular formula is C8H7IO2. The van der Waals surface area contributed by atoms with E-state index in [0.717, 1.165) is 12.0 Å². The molecule has 2 rings (SSSR count). The lowest BCUT2D eigenvalue weighted by Gasteiger charge is -2.04. The summed E-state index contributed by atoms with van der Waals surface area (Å²) in [5.41, 5.74) is 0.840. The van der Waals surface area contributed by atoms with Gasteiger partial charge in [-0.2, -0.15) is 0 Å². The Morgan fingerprint density at radius 2 is 2.45 bits per heavy atom. The Kier molecular flexibility index (Phi) is 1.75. The Morgan fingerprint density at radius 1 is 1.64 bits per heavy atom. The molecule has 0 saturated heterocycles. The molecule has 2 aliphatic carbocycles. The van der Waals surface area contributed by atoms with Crippen LogP contribution in [0.1, 0.15) is 6.42 Å². The average Bonchev–Trinajstić information content (AvgIpc) is 2.62. The van der Waals surface area contributed by atoms with Crippen molar-refractivity contribution in [3.63, 3.8) is 0 Å². The summed E-state index contributed by atoms with van der Waals surface area (Å²) in [5, 5.41) is 0. The van der Waals surface area contributed by atoms with Crippen molar-refractivity contribution in [2.45, 2.75) is 6.42 Å². The van der Waals surface area contributed by atoms with E-state index in [2.05, 4.69) is 15.2 Å². The zero-order valence-electron chi connectivity index (χ0n) is 5.79. The molecule has 58 valence electrons. The first-order chi connectivity index (χ1) is 5.31. The van der Waals surface area contributed by atoms with Crippen LogP contribution in [0.5, 0.6) is 0 Å². The highest BCUT2D eigenvalue weighted by Crippen LogP contribution is 2.38. The van der Waals surface area contributed by atoms with Crippen molar-refractivity contribution >= 4 is 29.0 Å². The minimum Gasteiger partial charge on any atom is -0.391 e. The molecule has 11 heavy (non-hydrogen) atoms. The highest BCUT2D eigenvalue weighted by Gasteiger charge is 2.32. The molecule has 0 fully saturated rings. The standard InChI is InChI=1S/C8H7IO2/c9-11-8(10)7-4-5-1-2-6(7)3-5/h1-2,4-6H,3H2. The van der Waals surface area contributed by atoms with Crippen LogP contribution in [0, 0.1) is 11.8 Å². The summed E-state index contributed by atoms with van der Waals surface area (Å²) in [4.78, 5) is 11.1. The Balaban J connectivity index is 2.19. The second-order valence-electron chi connectivity index (χ2n) is 2.88. The van der Waals surface area contributed by atoms with E-state index < -0.39 is 0 Å². The van der Waals surface area contributed by atoms with Gasteiger partial charge in [0.1, 0.15) is 0 Å². The molecule has 2 atom stereocenters. The van der Waals surface area contributed by atoms with E-state index >= 15 is 0 Å². The van der Waals surface area contributed by atoms with Crippen LogP contribution >= 0.6 is 23.0 Å². The Labute approximate surface area is 79.0 Å². The number of rotatable bonds is 1. The molecule has 0 spiro atoms. The van der Waals surface area contributed by atoms with Crippen molar-refractivity contribution in [3.8, 4) is 0 Å². The summed E-state index contributed by atoms with van der Waals surface area (Å²) in [7, 11) is 0. The van der Waals surface area contributed by atoms with Crippen molar-refractivity contribution in [3.05, 3.63) is 23.8 Å². The van der Waals surface area contributed by atoms with Crippen LogP contribution in [0.4, 0.5) is 0 Å². The van der Waals surface area contributed by atoms with Crippen LogP contribution in [-0.4, -0.2) is 5.97 Å². The minimum absolute atomic E-state index is 0.178. The van der Waals surface area contributed by atoms with Gasteiger partial charge in [-0.3, -0.25) is 0 Å². The van der Waals surface area contributed by atoms with Crippen molar-refractivity contribution in [1.29, 1.82) is 0 Å². The van der Waals surface area contributed by atoms with Crippen molar-refractivity contribution in [1.82, 2.24) is 0 Å². The van der Waals surface area contributed by atoms with Crippen LogP contribution in [0.3, 0.4) is 0 Å². The molecule has 3 heteroatoms. The summed E-state index contributed by atoms with van der Waals surface area (Å²) < 4.78 is 4.62. The highest BCUT2D eigenvalue weighted by molar-refractivity contribution is 14.1. The lowest BCUT2D eigenvalue weighted by Crippen LogP contribution is -2.06. The van der Waals surface area contributed by atoms with Gasteiger partial charge in [-0.25, -0.2) is 4.79 Å². The molecule has 0 heterocycles. The van der Waals surface area contributed by atoms with E-state index in [9.17, 15) is 4.79 Å². The Morgan fingerprint density at radius 3 is 2.91 bits per heavy atom. The summed E-state index contributed by atoms with van der Waals surface area (Å²) >= 11 is 1.63. The zero-order valence-corrected chi connectivity index (χ0v) is 7.95. The van der Waals surface area contributed by atoms with Gasteiger partial charge in [-0.1, -0.05) is 18.2 Å². The summed E-state index contributed by atoms with van der Waals surface area (Å²) in [6.45, 7) is 0. The number of carbonyl (C=O) groups excluding carboxylic acids is 1. The Bertz CT molecular complexity index is 255. The zero-order chi connectivity index (χ0) is 7.84. The molecule has 2 bridgehead atoms. The predicted molar refractivity (Wildman–Crippen MR) is 48.9 cm³/mol. The first-order valence-corrected chi connectivity index (χ1v) is 4.42. The van der Waals surface area contributed by atoms with E-state index in [1.54, 1.807) is 23.0 Å². The number of halogens is 1. The smallest absolute Gasteiger partial charge is 0.343 e. The van der Waals surface area contributed by atoms with Crippen LogP contribution < -0.4 is 0 Å². The first-order valence-electron chi connectivity index (χ1n) is 3.54. The van der Waals surface area contributed by atoms with Crippen LogP contribution in [-0.2, 0) is 7.86 Å². The predicted octanol–water partition coefficient (Wildman–Crippen LogP) is 2.01. The van der Waals surface area contributed by atoms with Gasteiger partial charge in [0.2, 0.25) is 0 Å². The molecule has 0 aromatic rings. The number of hydrogen-bond donors (Lipinski definition) is 0. The van der Waals surface area contributed by atoms with Crippen LogP contribution in [0.25, 0.3) is 0 Å². The summed E-state index contributed by atoms with van der Waals surface area (Å²) in [5.74, 6) is 0.648. The van der Waals surface area contributed by atoms with Crippen molar-refractivity contribution in [2.24, 2.45) is 11.8 Å². The van der Waals surface area contributed by atoms with E-state index in [0.29, 0.717) is 11.8 Å². The highest BCUT2D eigenvalue weighted by atomic mass is 127. The van der Waals surface area contributed by atoms with Gasteiger partial charge >= 0.3 is 5.97 Å². The monoisotopic (exact) mass is 262 g/mol. The number of fused-ring (bicyclic) bond motifs is 2. The normalized spacial score (nSPS) is 32.3. The quantitative estimate of drug-likeness (QED) is 0.533. The van der Waals surface area contributed by atoms with Crippen LogP contribution in [0.2, 0.25) is 0 Å². The number of carbonyl (C=O) groups is 1. The molecule has 0 amide bonds. The van der Waals surface area contributed by atoms with Gasteiger partial charge in [-0.15, -0.1) is 0 Å². The van der Waals surface area contributed by atoms with Crippen molar-refractivity contribution in [2.75, 3.05) is 0 Å². The maximum atomic E-state index is 11.1. The van der Waals surface area contributed by atoms with Gasteiger partial charge in [0.15, 0.2) is 23.0 Å². The fraction of sp³-hybridized carbons (Fsp3) is 0.375. The van der Waals surface area contributed by atoms with E-state index in [1.807, 2.05) is 6.08 Å². The number of allylic oxidation sites excluding steroid dienone is 3. The Hall–Kier alpha value is -0.320. The molecule has 2 unspecified atom stereocenters. The lowest BCUT2D eigenvalue weighted by atomic mass is 10.0. The van der Waals surface area contributed by atoms with Gasteiger partial charge in [0.25, 0.3) is 0 Å². The second kappa shape index (κ2) is 2.62. The molecule has 0 saturated carbocycles. The third-order valence-electron chi connectivity index (χ3n) is 2.22. The topological polar surface area (TPSA) is 26.3 Å². The molecule has 0 N–H and O–H groups in total. The molecule has 0 aliphatic heterocycles. The van der Waals surface area contributed by atoms with E-state index in [4.69, 9.17) is 0 Å². The maximum Gasteiger partial charge on any atom is 0.343 e. The largest absolute Gasteiger partial charge is 0.391 e. The molecule has 0 aromatic heterocycles. The fourth-order valence-corrected chi connectivity index (χ4v) is 1.95. The maximum absolute atomic E-state index is 11.1. The van der Waals surface area contributed by atoms with E-state index in [-0.39, 0.29) is 5.97 Å². The minimum atomic E-state index is -0.178. The van der Waals surface area contributed by atoms with E-state index in [1.165, 1.54) is 0 Å². The summed E-state index contributed by atoms with van der Waals surface area (Å²) in [6, 6.07) is 0. The molecule has 0 radical (unpaired) electrons. The molecule has 2 aliphatic rings. The fourth-order valence-electron chi connectivity index (χ4n) is 1.70. The molecular weight excluding hydrogens is 255 g/mol. The van der Waals surface area contributed by atoms with Crippen LogP contribution in [0.15, 0.2) is 23.8 Å². The second-order valence-corrected chi connectivity index (χ2v) is 3.32. The van der Waals surface area contributed by atoms with Crippen molar-refractivity contribution < 1.29 is 7.86 Å². The lowest BCUT2D eigenvalue weighted by molar-refractivity contribution is -0.127. The first kappa shape index (κ1) is 7.34. The average molecular weight is 262 g/mol. The third kappa shape index (κ3) is 1.11. The third-order valence-corrected chi connectivity index (χ3v) is 2.62. The molecule has 0 aromatic carbocycles. The van der Waals surface area contributed by atoms with Gasteiger partial charge in [-0.05, 0) is 12.3 Å².